The van der Waals surface area contributed by atoms with Gasteiger partial charge in [0.1, 0.15) is 0 Å². The highest BCUT2D eigenvalue weighted by Crippen LogP contribution is 2.17. The Morgan fingerprint density at radius 3 is 3.00 bits per heavy atom. The number of pyridine rings is 1. The van der Waals surface area contributed by atoms with Gasteiger partial charge >= 0.3 is 0 Å². The number of hydrazine groups is 1. The first kappa shape index (κ1) is 14.9. The fraction of sp³-hybridized carbons (Fsp3) is 0.250. The zero-order valence-corrected chi connectivity index (χ0v) is 13.2. The molecule has 0 radical (unpaired) electrons. The van der Waals surface area contributed by atoms with Gasteiger partial charge in [-0.25, -0.2) is 15.8 Å². The zero-order chi connectivity index (χ0) is 14.5. The topological polar surface area (TPSA) is 92.9 Å². The molecule has 8 heteroatoms. The van der Waals surface area contributed by atoms with Crippen LogP contribution in [0.4, 0.5) is 5.82 Å². The number of rotatable bonds is 5. The quantitative estimate of drug-likeness (QED) is 0.562. The molecule has 0 spiro atoms. The minimum Gasteiger partial charge on any atom is -0.352 e. The van der Waals surface area contributed by atoms with Crippen molar-refractivity contribution in [3.8, 4) is 0 Å². The van der Waals surface area contributed by atoms with E-state index in [1.807, 2.05) is 12.3 Å². The van der Waals surface area contributed by atoms with Gasteiger partial charge in [0.05, 0.1) is 16.3 Å². The van der Waals surface area contributed by atoms with Gasteiger partial charge in [0.2, 0.25) is 0 Å². The second-order valence-corrected chi connectivity index (χ2v) is 6.04. The number of nitrogens with two attached hydrogens (primary N) is 1. The summed E-state index contributed by atoms with van der Waals surface area (Å²) >= 11 is 4.88. The maximum Gasteiger partial charge on any atom is 0.255 e. The van der Waals surface area contributed by atoms with Crippen molar-refractivity contribution in [2.24, 2.45) is 5.84 Å². The minimum absolute atomic E-state index is 0.223. The van der Waals surface area contributed by atoms with Crippen molar-refractivity contribution in [2.75, 3.05) is 12.0 Å². The Morgan fingerprint density at radius 1 is 1.55 bits per heavy atom. The molecule has 0 aliphatic rings. The van der Waals surface area contributed by atoms with E-state index in [9.17, 15) is 4.79 Å². The van der Waals surface area contributed by atoms with Crippen LogP contribution in [0.25, 0.3) is 0 Å². The standard InChI is InChI=1S/C12H14BrN5OS/c1-7-17-9(6-20-7)2-3-15-12(19)10-4-8(13)5-16-11(10)18-14/h4-6H,2-3,14H2,1H3,(H,15,19)(H,16,18). The number of amides is 1. The number of nitrogens with one attached hydrogen (secondary N) is 2. The number of carbonyl (C=O) groups excluding carboxylic acids is 1. The smallest absolute Gasteiger partial charge is 0.255 e. The molecule has 2 rings (SSSR count). The first-order valence-electron chi connectivity index (χ1n) is 5.91. The maximum atomic E-state index is 12.1. The van der Waals surface area contributed by atoms with Crippen LogP contribution in [0, 0.1) is 6.92 Å². The lowest BCUT2D eigenvalue weighted by molar-refractivity contribution is 0.0954. The number of aryl methyl sites for hydroxylation is 1. The molecule has 2 aromatic rings. The van der Waals surface area contributed by atoms with Crippen LogP contribution in [0.3, 0.4) is 0 Å². The van der Waals surface area contributed by atoms with Gasteiger partial charge in [-0.05, 0) is 28.9 Å². The molecule has 2 aromatic heterocycles. The SMILES string of the molecule is Cc1nc(CCNC(=O)c2cc(Br)cnc2NN)cs1. The predicted molar refractivity (Wildman–Crippen MR) is 82.6 cm³/mol. The molecule has 0 bridgehead atoms. The Balaban J connectivity index is 1.96. The van der Waals surface area contributed by atoms with Crippen LogP contribution in [-0.4, -0.2) is 22.4 Å². The summed E-state index contributed by atoms with van der Waals surface area (Å²) in [7, 11) is 0. The highest BCUT2D eigenvalue weighted by atomic mass is 79.9. The Kier molecular flexibility index (Phi) is 5.05. The van der Waals surface area contributed by atoms with Gasteiger partial charge in [0.15, 0.2) is 5.82 Å². The van der Waals surface area contributed by atoms with Crippen LogP contribution in [0.2, 0.25) is 0 Å². The summed E-state index contributed by atoms with van der Waals surface area (Å²) in [4.78, 5) is 20.5. The summed E-state index contributed by atoms with van der Waals surface area (Å²) in [5.74, 6) is 5.46. The molecule has 0 aliphatic heterocycles. The second kappa shape index (κ2) is 6.78. The molecule has 1 amide bonds. The molecule has 2 heterocycles. The normalized spacial score (nSPS) is 10.3. The Hall–Kier alpha value is -1.51. The number of nitrogens with zero attached hydrogens (tertiary/aromatic N) is 2. The molecule has 106 valence electrons. The van der Waals surface area contributed by atoms with Gasteiger partial charge in [0, 0.05) is 29.0 Å². The van der Waals surface area contributed by atoms with Crippen LogP contribution >= 0.6 is 27.3 Å². The van der Waals surface area contributed by atoms with Crippen molar-refractivity contribution >= 4 is 39.0 Å². The van der Waals surface area contributed by atoms with Gasteiger partial charge in [-0.3, -0.25) is 4.79 Å². The summed E-state index contributed by atoms with van der Waals surface area (Å²) in [6.07, 6.45) is 2.27. The van der Waals surface area contributed by atoms with Crippen LogP contribution in [0.5, 0.6) is 0 Å². The van der Waals surface area contributed by atoms with Gasteiger partial charge in [-0.15, -0.1) is 11.3 Å². The Labute approximate surface area is 128 Å². The highest BCUT2D eigenvalue weighted by Gasteiger charge is 2.12. The summed E-state index contributed by atoms with van der Waals surface area (Å²) < 4.78 is 0.719. The maximum absolute atomic E-state index is 12.1. The van der Waals surface area contributed by atoms with Gasteiger partial charge < -0.3 is 10.7 Å². The minimum atomic E-state index is -0.223. The van der Waals surface area contributed by atoms with Crippen LogP contribution in [0.1, 0.15) is 21.1 Å². The first-order chi connectivity index (χ1) is 9.60. The number of thiazole rings is 1. The number of carbonyl (C=O) groups is 1. The lowest BCUT2D eigenvalue weighted by Gasteiger charge is -2.08. The van der Waals surface area contributed by atoms with E-state index in [2.05, 4.69) is 36.6 Å². The number of halogens is 1. The van der Waals surface area contributed by atoms with Gasteiger partial charge in [0.25, 0.3) is 5.91 Å². The van der Waals surface area contributed by atoms with Crippen molar-refractivity contribution in [3.63, 3.8) is 0 Å². The highest BCUT2D eigenvalue weighted by molar-refractivity contribution is 9.10. The lowest BCUT2D eigenvalue weighted by Crippen LogP contribution is -2.27. The molecule has 0 fully saturated rings. The van der Waals surface area contributed by atoms with Crippen molar-refractivity contribution < 1.29 is 4.79 Å². The van der Waals surface area contributed by atoms with Crippen molar-refractivity contribution in [1.82, 2.24) is 15.3 Å². The van der Waals surface area contributed by atoms with Gasteiger partial charge in [-0.1, -0.05) is 0 Å². The monoisotopic (exact) mass is 355 g/mol. The Bertz CT molecular complexity index is 616. The fourth-order valence-electron chi connectivity index (χ4n) is 1.65. The lowest BCUT2D eigenvalue weighted by atomic mass is 10.2. The van der Waals surface area contributed by atoms with E-state index in [1.165, 1.54) is 0 Å². The number of hydrogen-bond acceptors (Lipinski definition) is 6. The van der Waals surface area contributed by atoms with E-state index in [4.69, 9.17) is 5.84 Å². The molecule has 0 saturated carbocycles. The van der Waals surface area contributed by atoms with Crippen molar-refractivity contribution in [1.29, 1.82) is 0 Å². The molecule has 0 atom stereocenters. The Morgan fingerprint density at radius 2 is 2.35 bits per heavy atom. The number of nitrogen functional groups attached to an aromatic ring is 1. The molecule has 6 nitrogen and oxygen atoms in total. The molecular formula is C12H14BrN5OS. The van der Waals surface area contributed by atoms with Gasteiger partial charge in [-0.2, -0.15) is 0 Å². The van der Waals surface area contributed by atoms with E-state index in [1.54, 1.807) is 23.6 Å². The number of aromatic nitrogens is 2. The summed E-state index contributed by atoms with van der Waals surface area (Å²) in [6, 6.07) is 1.67. The molecule has 0 aliphatic carbocycles. The van der Waals surface area contributed by atoms with Crippen LogP contribution in [-0.2, 0) is 6.42 Å². The van der Waals surface area contributed by atoms with E-state index >= 15 is 0 Å². The summed E-state index contributed by atoms with van der Waals surface area (Å²) in [5.41, 5.74) is 3.79. The largest absolute Gasteiger partial charge is 0.352 e. The predicted octanol–water partition coefficient (Wildman–Crippen LogP) is 1.87. The first-order valence-corrected chi connectivity index (χ1v) is 7.59. The third-order valence-electron chi connectivity index (χ3n) is 2.57. The molecular weight excluding hydrogens is 342 g/mol. The van der Waals surface area contributed by atoms with Crippen molar-refractivity contribution in [2.45, 2.75) is 13.3 Å². The number of anilines is 1. The molecule has 0 unspecified atom stereocenters. The van der Waals surface area contributed by atoms with Crippen LogP contribution in [0.15, 0.2) is 22.1 Å². The molecule has 4 N–H and O–H groups in total. The average molecular weight is 356 g/mol. The summed E-state index contributed by atoms with van der Waals surface area (Å²) in [6.45, 7) is 2.47. The third-order valence-corrected chi connectivity index (χ3v) is 3.82. The van der Waals surface area contributed by atoms with Crippen LogP contribution < -0.4 is 16.6 Å². The molecule has 0 saturated heterocycles. The molecule has 0 aromatic carbocycles. The van der Waals surface area contributed by atoms with Crippen molar-refractivity contribution in [3.05, 3.63) is 38.4 Å². The molecule has 20 heavy (non-hydrogen) atoms. The fourth-order valence-corrected chi connectivity index (χ4v) is 2.63. The number of hydrogen-bond donors (Lipinski definition) is 3. The summed E-state index contributed by atoms with van der Waals surface area (Å²) in [5, 5.41) is 5.85. The average Bonchev–Trinajstić information content (AvgIpc) is 2.84. The van der Waals surface area contributed by atoms with E-state index in [0.717, 1.165) is 15.2 Å². The zero-order valence-electron chi connectivity index (χ0n) is 10.8. The second-order valence-electron chi connectivity index (χ2n) is 4.06. The third kappa shape index (κ3) is 3.75. The van der Waals surface area contributed by atoms with E-state index < -0.39 is 0 Å². The van der Waals surface area contributed by atoms with E-state index in [0.29, 0.717) is 24.3 Å². The van der Waals surface area contributed by atoms with E-state index in [-0.39, 0.29) is 5.91 Å².